The third-order valence-corrected chi connectivity index (χ3v) is 17.1. The summed E-state index contributed by atoms with van der Waals surface area (Å²) in [6.07, 6.45) is 0. The molecule has 0 aliphatic rings. The van der Waals surface area contributed by atoms with Gasteiger partial charge in [0.25, 0.3) is 0 Å². The van der Waals surface area contributed by atoms with Gasteiger partial charge >= 0.3 is 0 Å². The first-order valence-corrected chi connectivity index (χ1v) is 27.3. The van der Waals surface area contributed by atoms with Crippen LogP contribution in [-0.4, -0.2) is 27.4 Å². The lowest BCUT2D eigenvalue weighted by atomic mass is 10.0. The molecule has 6 aromatic heterocycles. The summed E-state index contributed by atoms with van der Waals surface area (Å²) in [6.45, 7) is 3.97. The summed E-state index contributed by atoms with van der Waals surface area (Å²) in [5.74, 6) is 0. The van der Waals surface area contributed by atoms with E-state index in [1.165, 1.54) is 0 Å². The van der Waals surface area contributed by atoms with Crippen molar-refractivity contribution in [3.8, 4) is 0 Å². The van der Waals surface area contributed by atoms with Gasteiger partial charge in [0.15, 0.2) is 32.6 Å². The van der Waals surface area contributed by atoms with E-state index in [1.54, 1.807) is 36.4 Å². The number of rotatable bonds is 0. The molecule has 15 aromatic rings. The van der Waals surface area contributed by atoms with Gasteiger partial charge in [-0.2, -0.15) is 0 Å². The highest BCUT2D eigenvalue weighted by molar-refractivity contribution is 6.31. The summed E-state index contributed by atoms with van der Waals surface area (Å²) in [5.41, 5.74) is 11.4. The molecule has 0 atom stereocenters. The van der Waals surface area contributed by atoms with Crippen LogP contribution in [0.15, 0.2) is 186 Å². The molecule has 0 aliphatic heterocycles. The molecule has 6 heterocycles. The first kappa shape index (κ1) is 51.8. The Bertz CT molecular complexity index is 5210. The van der Waals surface area contributed by atoms with Crippen LogP contribution in [0.4, 0.5) is 0 Å². The maximum Gasteiger partial charge on any atom is 0.197 e. The van der Waals surface area contributed by atoms with Crippen LogP contribution >= 0.6 is 23.2 Å². The van der Waals surface area contributed by atoms with Crippen LogP contribution in [0.5, 0.6) is 0 Å². The van der Waals surface area contributed by atoms with E-state index < -0.39 is 0 Å². The first-order chi connectivity index (χ1) is 39.3. The highest BCUT2D eigenvalue weighted by atomic mass is 35.5. The second-order valence-electron chi connectivity index (χ2n) is 21.4. The molecule has 82 heavy (non-hydrogen) atoms. The number of para-hydroxylation sites is 2. The molecule has 402 valence electrons. The zero-order valence-electron chi connectivity index (χ0n) is 45.9. The van der Waals surface area contributed by atoms with Crippen LogP contribution in [0.2, 0.25) is 10.0 Å². The van der Waals surface area contributed by atoms with Gasteiger partial charge in [-0.05, 0) is 135 Å². The van der Waals surface area contributed by atoms with Gasteiger partial charge in [-0.1, -0.05) is 70.7 Å². The van der Waals surface area contributed by atoms with E-state index in [9.17, 15) is 28.8 Å². The van der Waals surface area contributed by atoms with Gasteiger partial charge in [0.2, 0.25) is 0 Å². The van der Waals surface area contributed by atoms with E-state index in [1.807, 2.05) is 205 Å². The number of halogens is 2. The minimum atomic E-state index is -0.101. The first-order valence-electron chi connectivity index (χ1n) is 26.5. The molecular weight excluding hydrogens is 1070 g/mol. The summed E-state index contributed by atoms with van der Waals surface area (Å²) in [4.78, 5) is 78.9. The second kappa shape index (κ2) is 19.0. The lowest BCUT2D eigenvalue weighted by Gasteiger charge is -2.15. The molecule has 0 aliphatic carbocycles. The molecule has 12 nitrogen and oxygen atoms in total. The van der Waals surface area contributed by atoms with Crippen molar-refractivity contribution in [2.75, 3.05) is 0 Å². The molecule has 0 spiro atoms. The van der Waals surface area contributed by atoms with Crippen molar-refractivity contribution in [3.63, 3.8) is 0 Å². The standard InChI is InChI=1S/C24H20N2O2.C22H14Cl2N2O2.C22H16N2O2/c1-13-5-7-19-15(9-13)23(27)17-11-22-18(12-21(17)25(19)3)24(28)16-10-14(2)6-8-20(16)26(22)4;1-25-17-5-3-11(23)7-13(17)21(27)15-10-20-16(9-19(15)25)22(28)14-8-12(24)4-6-18(14)26(20)2;1-23-17-9-5-3-7-13(17)21(25)15-12-20-16(11-19(15)23)22(26)14-8-4-6-10-18(14)24(20)2/h5-12H,1-4H3;3-10H,1-2H3;3-12H,1-2H3. The zero-order valence-corrected chi connectivity index (χ0v) is 47.4. The van der Waals surface area contributed by atoms with Crippen LogP contribution in [-0.2, 0) is 42.3 Å². The Hall–Kier alpha value is -9.62. The third kappa shape index (κ3) is 7.80. The number of hydrogen-bond donors (Lipinski definition) is 0. The van der Waals surface area contributed by atoms with Crippen LogP contribution in [0.1, 0.15) is 11.1 Å². The number of aryl methyl sites for hydroxylation is 8. The molecule has 0 amide bonds. The molecule has 0 bridgehead atoms. The molecule has 14 heteroatoms. The van der Waals surface area contributed by atoms with Crippen molar-refractivity contribution >= 4 is 154 Å². The normalized spacial score (nSPS) is 11.8. The molecule has 0 saturated heterocycles. The number of nitrogens with zero attached hydrogens (tertiary/aromatic N) is 6. The van der Waals surface area contributed by atoms with Gasteiger partial charge in [-0.15, -0.1) is 0 Å². The predicted molar refractivity (Wildman–Crippen MR) is 340 cm³/mol. The number of pyridine rings is 6. The largest absolute Gasteiger partial charge is 0.343 e. The van der Waals surface area contributed by atoms with E-state index in [4.69, 9.17) is 23.2 Å². The number of aromatic nitrogens is 6. The number of hydrogen-bond acceptors (Lipinski definition) is 6. The van der Waals surface area contributed by atoms with E-state index >= 15 is 0 Å². The Morgan fingerprint density at radius 3 is 0.720 bits per heavy atom. The number of fused-ring (bicyclic) bond motifs is 12. The molecule has 9 aromatic carbocycles. The van der Waals surface area contributed by atoms with Crippen LogP contribution < -0.4 is 32.6 Å². The summed E-state index contributed by atoms with van der Waals surface area (Å²) < 4.78 is 11.8. The van der Waals surface area contributed by atoms with Gasteiger partial charge in [0.1, 0.15) is 0 Å². The lowest BCUT2D eigenvalue weighted by molar-refractivity contribution is 0.993. The SMILES string of the molecule is Cc1ccc2c(c1)c(=O)c1cc3c(cc1n2C)c(=O)c1cc(C)ccc1n3C.Cn1c2ccc(Cl)cc2c(=O)c2cc3c(cc21)c(=O)c1cc(Cl)ccc1n3C.Cn1c2ccccc2c(=O)c2cc3c(cc21)c(=O)c1ccccc1n3C. The average Bonchev–Trinajstić information content (AvgIpc) is 3.68. The number of benzene rings is 9. The highest BCUT2D eigenvalue weighted by Gasteiger charge is 2.19. The van der Waals surface area contributed by atoms with E-state index in [0.29, 0.717) is 85.7 Å². The molecule has 0 N–H and O–H groups in total. The lowest BCUT2D eigenvalue weighted by Crippen LogP contribution is -2.13. The molecule has 15 rings (SSSR count). The van der Waals surface area contributed by atoms with E-state index in [2.05, 4.69) is 0 Å². The summed E-state index contributed by atoms with van der Waals surface area (Å²) in [6, 6.07) is 48.5. The van der Waals surface area contributed by atoms with Crippen LogP contribution in [0, 0.1) is 13.8 Å². The van der Waals surface area contributed by atoms with Gasteiger partial charge in [0.05, 0.1) is 66.2 Å². The monoisotopic (exact) mass is 1120 g/mol. The fourth-order valence-corrected chi connectivity index (χ4v) is 12.6. The smallest absolute Gasteiger partial charge is 0.197 e. The fourth-order valence-electron chi connectivity index (χ4n) is 12.3. The van der Waals surface area contributed by atoms with Crippen molar-refractivity contribution in [1.29, 1.82) is 0 Å². The minimum Gasteiger partial charge on any atom is -0.343 e. The molecule has 0 radical (unpaired) electrons. The molecule has 0 saturated carbocycles. The van der Waals surface area contributed by atoms with Crippen molar-refractivity contribution in [2.24, 2.45) is 42.3 Å². The Morgan fingerprint density at radius 2 is 0.439 bits per heavy atom. The van der Waals surface area contributed by atoms with Crippen molar-refractivity contribution in [3.05, 3.63) is 240 Å². The summed E-state index contributed by atoms with van der Waals surface area (Å²) in [5, 5.41) is 8.55. The summed E-state index contributed by atoms with van der Waals surface area (Å²) in [7, 11) is 11.5. The summed E-state index contributed by atoms with van der Waals surface area (Å²) >= 11 is 12.2. The molecule has 0 fully saturated rings. The Kier molecular flexibility index (Phi) is 12.0. The minimum absolute atomic E-state index is 0.00351. The van der Waals surface area contributed by atoms with Crippen molar-refractivity contribution < 1.29 is 0 Å². The van der Waals surface area contributed by atoms with Crippen molar-refractivity contribution in [2.45, 2.75) is 13.8 Å². The maximum atomic E-state index is 13.2. The molecule has 0 unspecified atom stereocenters. The van der Waals surface area contributed by atoms with Crippen LogP contribution in [0.25, 0.3) is 131 Å². The van der Waals surface area contributed by atoms with Crippen molar-refractivity contribution in [1.82, 2.24) is 27.4 Å². The Labute approximate surface area is 475 Å². The third-order valence-electron chi connectivity index (χ3n) is 16.6. The quantitative estimate of drug-likeness (QED) is 0.139. The van der Waals surface area contributed by atoms with Gasteiger partial charge in [-0.3, -0.25) is 28.8 Å². The fraction of sp³-hybridized carbons (Fsp3) is 0.118. The average molecular weight is 1120 g/mol. The van der Waals surface area contributed by atoms with Gasteiger partial charge in [0, 0.05) is 117 Å². The Balaban J connectivity index is 0.000000116. The van der Waals surface area contributed by atoms with E-state index in [-0.39, 0.29) is 32.6 Å². The Morgan fingerprint density at radius 1 is 0.232 bits per heavy atom. The van der Waals surface area contributed by atoms with E-state index in [0.717, 1.165) is 66.3 Å². The highest BCUT2D eigenvalue weighted by Crippen LogP contribution is 2.30. The topological polar surface area (TPSA) is 132 Å². The maximum absolute atomic E-state index is 13.2. The van der Waals surface area contributed by atoms with Gasteiger partial charge in [-0.25, -0.2) is 0 Å². The molecular formula is C68H50Cl2N6O6. The zero-order chi connectivity index (χ0) is 57.5. The van der Waals surface area contributed by atoms with Crippen LogP contribution in [0.3, 0.4) is 0 Å². The second-order valence-corrected chi connectivity index (χ2v) is 22.3. The predicted octanol–water partition coefficient (Wildman–Crippen LogP) is 13.0. The van der Waals surface area contributed by atoms with Gasteiger partial charge < -0.3 is 27.4 Å².